The number of carbonyl (C=O) groups is 2. The molecule has 0 spiro atoms. The van der Waals surface area contributed by atoms with Crippen LogP contribution < -0.4 is 16.8 Å². The Morgan fingerprint density at radius 3 is 2.74 bits per heavy atom. The first-order valence-corrected chi connectivity index (χ1v) is 5.38. The van der Waals surface area contributed by atoms with Crippen LogP contribution in [-0.4, -0.2) is 26.6 Å². The summed E-state index contributed by atoms with van der Waals surface area (Å²) < 4.78 is 1.33. The number of rotatable bonds is 4. The molecule has 0 unspecified atom stereocenters. The van der Waals surface area contributed by atoms with E-state index in [9.17, 15) is 9.59 Å². The number of hydrogen-bond acceptors (Lipinski definition) is 5. The summed E-state index contributed by atoms with van der Waals surface area (Å²) in [5.41, 5.74) is 11.7. The second-order valence-corrected chi connectivity index (χ2v) is 3.82. The van der Waals surface area contributed by atoms with E-state index in [0.717, 1.165) is 0 Å². The summed E-state index contributed by atoms with van der Waals surface area (Å²) in [6.07, 6.45) is 4.31. The predicted octanol–water partition coefficient (Wildman–Crippen LogP) is -0.402. The summed E-state index contributed by atoms with van der Waals surface area (Å²) in [5, 5.41) is 6.47. The van der Waals surface area contributed by atoms with Gasteiger partial charge in [-0.2, -0.15) is 5.10 Å². The van der Waals surface area contributed by atoms with Gasteiger partial charge in [0.2, 0.25) is 5.91 Å². The van der Waals surface area contributed by atoms with Gasteiger partial charge in [0.15, 0.2) is 0 Å². The number of pyridine rings is 1. The van der Waals surface area contributed by atoms with E-state index in [0.29, 0.717) is 11.4 Å². The fourth-order valence-corrected chi connectivity index (χ4v) is 1.41. The van der Waals surface area contributed by atoms with Crippen LogP contribution in [0.5, 0.6) is 0 Å². The molecular weight excluding hydrogens is 248 g/mol. The van der Waals surface area contributed by atoms with Crippen LogP contribution in [0.3, 0.4) is 0 Å². The smallest absolute Gasteiger partial charge is 0.274 e. The Bertz CT molecular complexity index is 604. The van der Waals surface area contributed by atoms with Crippen molar-refractivity contribution in [1.82, 2.24) is 14.8 Å². The molecule has 0 saturated carbocycles. The minimum atomic E-state index is -0.513. The summed E-state index contributed by atoms with van der Waals surface area (Å²) in [4.78, 5) is 26.4. The van der Waals surface area contributed by atoms with E-state index < -0.39 is 11.8 Å². The first-order chi connectivity index (χ1) is 9.04. The van der Waals surface area contributed by atoms with Gasteiger partial charge in [0, 0.05) is 6.20 Å². The Morgan fingerprint density at radius 2 is 2.11 bits per heavy atom. The molecule has 0 radical (unpaired) electrons. The number of nitrogen functional groups attached to an aromatic ring is 1. The van der Waals surface area contributed by atoms with E-state index in [1.807, 2.05) is 0 Å². The van der Waals surface area contributed by atoms with Gasteiger partial charge >= 0.3 is 0 Å². The summed E-state index contributed by atoms with van der Waals surface area (Å²) in [5.74, 6) is -0.903. The van der Waals surface area contributed by atoms with Crippen molar-refractivity contribution in [1.29, 1.82) is 0 Å². The molecule has 19 heavy (non-hydrogen) atoms. The minimum absolute atomic E-state index is 0.0456. The zero-order chi connectivity index (χ0) is 13.8. The molecule has 2 amide bonds. The zero-order valence-corrected chi connectivity index (χ0v) is 9.91. The highest BCUT2D eigenvalue weighted by Gasteiger charge is 2.09. The van der Waals surface area contributed by atoms with Crippen LogP contribution in [-0.2, 0) is 11.3 Å². The summed E-state index contributed by atoms with van der Waals surface area (Å²) in [6, 6.07) is 3.09. The molecule has 2 aromatic rings. The van der Waals surface area contributed by atoms with E-state index >= 15 is 0 Å². The Morgan fingerprint density at radius 1 is 1.32 bits per heavy atom. The van der Waals surface area contributed by atoms with Crippen LogP contribution in [0, 0.1) is 0 Å². The zero-order valence-electron chi connectivity index (χ0n) is 9.91. The average molecular weight is 260 g/mol. The van der Waals surface area contributed by atoms with Gasteiger partial charge < -0.3 is 16.8 Å². The van der Waals surface area contributed by atoms with Crippen LogP contribution in [0.25, 0.3) is 0 Å². The molecule has 0 aromatic carbocycles. The third-order valence-electron chi connectivity index (χ3n) is 2.23. The molecular formula is C11H12N6O2. The second-order valence-electron chi connectivity index (χ2n) is 3.82. The Balaban J connectivity index is 2.04. The number of hydrogen-bond donors (Lipinski definition) is 3. The maximum atomic E-state index is 11.8. The van der Waals surface area contributed by atoms with E-state index in [1.165, 1.54) is 29.3 Å². The van der Waals surface area contributed by atoms with Crippen molar-refractivity contribution in [3.8, 4) is 0 Å². The Kier molecular flexibility index (Phi) is 3.42. The molecule has 0 atom stereocenters. The van der Waals surface area contributed by atoms with Gasteiger partial charge in [-0.3, -0.25) is 14.3 Å². The molecule has 0 fully saturated rings. The first-order valence-electron chi connectivity index (χ1n) is 5.38. The molecule has 5 N–H and O–H groups in total. The van der Waals surface area contributed by atoms with Gasteiger partial charge in [-0.25, -0.2) is 4.98 Å². The summed E-state index contributed by atoms with van der Waals surface area (Å²) >= 11 is 0. The maximum Gasteiger partial charge on any atom is 0.274 e. The minimum Gasteiger partial charge on any atom is -0.397 e. The number of anilines is 2. The number of nitrogens with zero attached hydrogens (tertiary/aromatic N) is 3. The number of nitrogens with one attached hydrogen (secondary N) is 1. The lowest BCUT2D eigenvalue weighted by molar-refractivity contribution is -0.118. The molecule has 2 rings (SSSR count). The van der Waals surface area contributed by atoms with Crippen molar-refractivity contribution in [2.75, 3.05) is 11.1 Å². The molecule has 0 aliphatic rings. The lowest BCUT2D eigenvalue weighted by Crippen LogP contribution is -2.18. The van der Waals surface area contributed by atoms with E-state index in [-0.39, 0.29) is 12.2 Å². The van der Waals surface area contributed by atoms with Gasteiger partial charge in [0.1, 0.15) is 12.2 Å². The quantitative estimate of drug-likeness (QED) is 0.688. The third kappa shape index (κ3) is 3.28. The van der Waals surface area contributed by atoms with Crippen LogP contribution in [0.2, 0.25) is 0 Å². The van der Waals surface area contributed by atoms with Crippen molar-refractivity contribution in [3.63, 3.8) is 0 Å². The van der Waals surface area contributed by atoms with Crippen molar-refractivity contribution < 1.29 is 9.59 Å². The molecule has 2 aromatic heterocycles. The number of primary amides is 1. The topological polar surface area (TPSA) is 129 Å². The van der Waals surface area contributed by atoms with Crippen molar-refractivity contribution >= 4 is 23.2 Å². The molecule has 8 heteroatoms. The van der Waals surface area contributed by atoms with Gasteiger partial charge in [0.25, 0.3) is 5.91 Å². The SMILES string of the molecule is NC(=O)Cn1cc(NC(=O)c2ccc(N)cn2)cn1. The highest BCUT2D eigenvalue weighted by molar-refractivity contribution is 6.02. The monoisotopic (exact) mass is 260 g/mol. The highest BCUT2D eigenvalue weighted by Crippen LogP contribution is 2.08. The number of aromatic nitrogens is 3. The summed E-state index contributed by atoms with van der Waals surface area (Å²) in [6.45, 7) is -0.0456. The molecule has 98 valence electrons. The average Bonchev–Trinajstić information content (AvgIpc) is 2.76. The van der Waals surface area contributed by atoms with Crippen LogP contribution >= 0.6 is 0 Å². The predicted molar refractivity (Wildman–Crippen MR) is 68.0 cm³/mol. The fraction of sp³-hybridized carbons (Fsp3) is 0.0909. The summed E-state index contributed by atoms with van der Waals surface area (Å²) in [7, 11) is 0. The molecule has 8 nitrogen and oxygen atoms in total. The first kappa shape index (κ1) is 12.6. The van der Waals surface area contributed by atoms with Gasteiger partial charge in [-0.15, -0.1) is 0 Å². The lowest BCUT2D eigenvalue weighted by atomic mass is 10.3. The fourth-order valence-electron chi connectivity index (χ4n) is 1.41. The highest BCUT2D eigenvalue weighted by atomic mass is 16.2. The standard InChI is InChI=1S/C11H12N6O2/c12-7-1-2-9(14-3-7)11(19)16-8-4-15-17(5-8)6-10(13)18/h1-5H,6,12H2,(H2,13,18)(H,16,19). The van der Waals surface area contributed by atoms with Crippen molar-refractivity contribution in [3.05, 3.63) is 36.4 Å². The maximum absolute atomic E-state index is 11.8. The van der Waals surface area contributed by atoms with Crippen molar-refractivity contribution in [2.45, 2.75) is 6.54 Å². The van der Waals surface area contributed by atoms with E-state index in [1.54, 1.807) is 6.07 Å². The van der Waals surface area contributed by atoms with E-state index in [4.69, 9.17) is 11.5 Å². The van der Waals surface area contributed by atoms with Crippen LogP contribution in [0.4, 0.5) is 11.4 Å². The molecule has 0 saturated heterocycles. The molecule has 0 bridgehead atoms. The van der Waals surface area contributed by atoms with Crippen LogP contribution in [0.15, 0.2) is 30.7 Å². The molecule has 2 heterocycles. The van der Waals surface area contributed by atoms with Gasteiger partial charge in [-0.05, 0) is 12.1 Å². The van der Waals surface area contributed by atoms with E-state index in [2.05, 4.69) is 15.4 Å². The van der Waals surface area contributed by atoms with Gasteiger partial charge in [-0.1, -0.05) is 0 Å². The lowest BCUT2D eigenvalue weighted by Gasteiger charge is -2.01. The Hall–Kier alpha value is -2.90. The second kappa shape index (κ2) is 5.17. The normalized spacial score (nSPS) is 10.1. The van der Waals surface area contributed by atoms with Crippen molar-refractivity contribution in [2.24, 2.45) is 5.73 Å². The number of carbonyl (C=O) groups excluding carboxylic acids is 2. The molecule has 0 aliphatic heterocycles. The largest absolute Gasteiger partial charge is 0.397 e. The molecule has 0 aliphatic carbocycles. The Labute approximate surface area is 108 Å². The number of nitrogens with two attached hydrogens (primary N) is 2. The third-order valence-corrected chi connectivity index (χ3v) is 2.23. The number of amides is 2. The van der Waals surface area contributed by atoms with Crippen LogP contribution in [0.1, 0.15) is 10.5 Å². The van der Waals surface area contributed by atoms with Gasteiger partial charge in [0.05, 0.1) is 23.8 Å².